The van der Waals surface area contributed by atoms with E-state index in [1.807, 2.05) is 6.92 Å². The van der Waals surface area contributed by atoms with Gasteiger partial charge in [-0.25, -0.2) is 0 Å². The van der Waals surface area contributed by atoms with Crippen molar-refractivity contribution < 1.29 is 9.53 Å². The molecule has 1 amide bonds. The molecule has 3 N–H and O–H groups in total. The fourth-order valence-electron chi connectivity index (χ4n) is 1.97. The van der Waals surface area contributed by atoms with Crippen molar-refractivity contribution in [2.45, 2.75) is 39.2 Å². The molecule has 0 aromatic rings. The van der Waals surface area contributed by atoms with Crippen LogP contribution in [0.25, 0.3) is 0 Å². The monoisotopic (exact) mass is 398 g/mol. The van der Waals surface area contributed by atoms with Gasteiger partial charge < -0.3 is 20.7 Å². The first-order chi connectivity index (χ1) is 9.06. The fourth-order valence-corrected chi connectivity index (χ4v) is 1.97. The Balaban J connectivity index is 0.00000361. The summed E-state index contributed by atoms with van der Waals surface area (Å²) in [5.41, 5.74) is -0.125. The van der Waals surface area contributed by atoms with Crippen molar-refractivity contribution in [1.82, 2.24) is 16.0 Å². The molecule has 0 aromatic carbocycles. The number of nitrogens with one attached hydrogen (secondary N) is 3. The maximum absolute atomic E-state index is 10.8. The summed E-state index contributed by atoms with van der Waals surface area (Å²) >= 11 is 0. The Kier molecular flexibility index (Phi) is 9.91. The first-order valence-corrected chi connectivity index (χ1v) is 6.96. The minimum Gasteiger partial charge on any atom is -0.373 e. The van der Waals surface area contributed by atoms with Gasteiger partial charge in [0, 0.05) is 33.2 Å². The molecule has 1 saturated heterocycles. The van der Waals surface area contributed by atoms with Crippen molar-refractivity contribution in [2.75, 3.05) is 32.8 Å². The number of rotatable bonds is 6. The molecule has 118 valence electrons. The molecular formula is C13H27IN4O2. The zero-order chi connectivity index (χ0) is 14.1. The molecule has 1 atom stereocenters. The van der Waals surface area contributed by atoms with Crippen LogP contribution in [0.4, 0.5) is 0 Å². The third-order valence-corrected chi connectivity index (χ3v) is 3.01. The molecule has 0 saturated carbocycles. The molecule has 0 aromatic heterocycles. The molecular weight excluding hydrogens is 371 g/mol. The van der Waals surface area contributed by atoms with Crippen LogP contribution < -0.4 is 16.0 Å². The van der Waals surface area contributed by atoms with Gasteiger partial charge in [-0.3, -0.25) is 9.79 Å². The van der Waals surface area contributed by atoms with E-state index in [1.165, 1.54) is 6.92 Å². The molecule has 7 heteroatoms. The standard InChI is InChI=1S/C13H26N4O2.HI/c1-4-14-12(16-8-7-15-11(2)18)17-10-13(3)6-5-9-19-13;/h4-10H2,1-3H3,(H,15,18)(H2,14,16,17);1H. The molecule has 1 aliphatic rings. The van der Waals surface area contributed by atoms with Crippen LogP contribution in [0.2, 0.25) is 0 Å². The number of amides is 1. The minimum atomic E-state index is -0.125. The lowest BCUT2D eigenvalue weighted by Crippen LogP contribution is -2.42. The third-order valence-electron chi connectivity index (χ3n) is 3.01. The lowest BCUT2D eigenvalue weighted by atomic mass is 10.0. The quantitative estimate of drug-likeness (QED) is 0.269. The van der Waals surface area contributed by atoms with E-state index >= 15 is 0 Å². The van der Waals surface area contributed by atoms with E-state index in [1.54, 1.807) is 0 Å². The van der Waals surface area contributed by atoms with E-state index in [4.69, 9.17) is 4.74 Å². The van der Waals surface area contributed by atoms with Gasteiger partial charge in [-0.15, -0.1) is 24.0 Å². The zero-order valence-electron chi connectivity index (χ0n) is 12.6. The Morgan fingerprint density at radius 2 is 2.00 bits per heavy atom. The van der Waals surface area contributed by atoms with E-state index in [0.717, 1.165) is 32.0 Å². The first kappa shape index (κ1) is 19.4. The van der Waals surface area contributed by atoms with Gasteiger partial charge in [-0.1, -0.05) is 0 Å². The van der Waals surface area contributed by atoms with Crippen molar-refractivity contribution in [3.63, 3.8) is 0 Å². The van der Waals surface area contributed by atoms with Crippen LogP contribution in [0.5, 0.6) is 0 Å². The third kappa shape index (κ3) is 7.88. The maximum Gasteiger partial charge on any atom is 0.216 e. The number of guanidine groups is 1. The van der Waals surface area contributed by atoms with E-state index in [0.29, 0.717) is 19.6 Å². The number of ether oxygens (including phenoxy) is 1. The highest BCUT2D eigenvalue weighted by atomic mass is 127. The van der Waals surface area contributed by atoms with Gasteiger partial charge in [0.1, 0.15) is 0 Å². The van der Waals surface area contributed by atoms with E-state index in [-0.39, 0.29) is 35.5 Å². The second-order valence-electron chi connectivity index (χ2n) is 5.01. The Morgan fingerprint density at radius 3 is 2.55 bits per heavy atom. The van der Waals surface area contributed by atoms with Crippen LogP contribution in [0.3, 0.4) is 0 Å². The number of hydrogen-bond donors (Lipinski definition) is 3. The summed E-state index contributed by atoms with van der Waals surface area (Å²) in [6.45, 7) is 9.18. The average Bonchev–Trinajstić information content (AvgIpc) is 2.78. The lowest BCUT2D eigenvalue weighted by Gasteiger charge is -2.21. The van der Waals surface area contributed by atoms with Gasteiger partial charge >= 0.3 is 0 Å². The summed E-state index contributed by atoms with van der Waals surface area (Å²) in [6, 6.07) is 0. The Hall–Kier alpha value is -0.570. The molecule has 1 aliphatic heterocycles. The molecule has 0 radical (unpaired) electrons. The van der Waals surface area contributed by atoms with Gasteiger partial charge in [0.05, 0.1) is 12.1 Å². The van der Waals surface area contributed by atoms with Crippen molar-refractivity contribution in [1.29, 1.82) is 0 Å². The average molecular weight is 398 g/mol. The van der Waals surface area contributed by atoms with Crippen molar-refractivity contribution in [2.24, 2.45) is 4.99 Å². The van der Waals surface area contributed by atoms with Crippen LogP contribution in [-0.2, 0) is 9.53 Å². The molecule has 1 unspecified atom stereocenters. The van der Waals surface area contributed by atoms with Gasteiger partial charge in [-0.2, -0.15) is 0 Å². The lowest BCUT2D eigenvalue weighted by molar-refractivity contribution is -0.118. The molecule has 0 spiro atoms. The zero-order valence-corrected chi connectivity index (χ0v) is 15.0. The number of hydrogen-bond acceptors (Lipinski definition) is 3. The normalized spacial score (nSPS) is 22.1. The van der Waals surface area contributed by atoms with E-state index in [2.05, 4.69) is 27.9 Å². The molecule has 1 fully saturated rings. The van der Waals surface area contributed by atoms with Gasteiger partial charge in [0.15, 0.2) is 5.96 Å². The Morgan fingerprint density at radius 1 is 1.30 bits per heavy atom. The number of nitrogens with zero attached hydrogens (tertiary/aromatic N) is 1. The largest absolute Gasteiger partial charge is 0.373 e. The van der Waals surface area contributed by atoms with E-state index in [9.17, 15) is 4.79 Å². The number of halogens is 1. The summed E-state index contributed by atoms with van der Waals surface area (Å²) in [5, 5.41) is 9.11. The molecule has 20 heavy (non-hydrogen) atoms. The van der Waals surface area contributed by atoms with Gasteiger partial charge in [0.25, 0.3) is 0 Å². The summed E-state index contributed by atoms with van der Waals surface area (Å²) < 4.78 is 5.71. The number of carbonyl (C=O) groups is 1. The Bertz CT molecular complexity index is 317. The topological polar surface area (TPSA) is 74.8 Å². The van der Waals surface area contributed by atoms with Crippen molar-refractivity contribution in [3.8, 4) is 0 Å². The summed E-state index contributed by atoms with van der Waals surface area (Å²) in [4.78, 5) is 15.3. The van der Waals surface area contributed by atoms with E-state index < -0.39 is 0 Å². The van der Waals surface area contributed by atoms with Crippen LogP contribution >= 0.6 is 24.0 Å². The van der Waals surface area contributed by atoms with Crippen LogP contribution in [-0.4, -0.2) is 50.3 Å². The molecule has 1 heterocycles. The molecule has 0 bridgehead atoms. The SMILES string of the molecule is CCNC(=NCC1(C)CCCO1)NCCNC(C)=O.I. The second kappa shape index (κ2) is 10.2. The number of aliphatic imine (C=N–C) groups is 1. The van der Waals surface area contributed by atoms with Gasteiger partial charge in [0.2, 0.25) is 5.91 Å². The molecule has 6 nitrogen and oxygen atoms in total. The fraction of sp³-hybridized carbons (Fsp3) is 0.846. The van der Waals surface area contributed by atoms with Crippen molar-refractivity contribution >= 4 is 35.8 Å². The van der Waals surface area contributed by atoms with Crippen LogP contribution in [0, 0.1) is 0 Å². The Labute approximate surface area is 138 Å². The smallest absolute Gasteiger partial charge is 0.216 e. The van der Waals surface area contributed by atoms with Crippen molar-refractivity contribution in [3.05, 3.63) is 0 Å². The molecule has 1 rings (SSSR count). The highest BCUT2D eigenvalue weighted by Gasteiger charge is 2.29. The second-order valence-corrected chi connectivity index (χ2v) is 5.01. The summed E-state index contributed by atoms with van der Waals surface area (Å²) in [7, 11) is 0. The highest BCUT2D eigenvalue weighted by molar-refractivity contribution is 14.0. The summed E-state index contributed by atoms with van der Waals surface area (Å²) in [5.74, 6) is 0.750. The predicted molar refractivity (Wildman–Crippen MR) is 91.7 cm³/mol. The van der Waals surface area contributed by atoms with Gasteiger partial charge in [-0.05, 0) is 26.7 Å². The predicted octanol–water partition coefficient (Wildman–Crippen LogP) is 0.865. The number of carbonyl (C=O) groups excluding carboxylic acids is 1. The van der Waals surface area contributed by atoms with Crippen LogP contribution in [0.1, 0.15) is 33.6 Å². The first-order valence-electron chi connectivity index (χ1n) is 6.96. The minimum absolute atomic E-state index is 0. The maximum atomic E-state index is 10.8. The highest BCUT2D eigenvalue weighted by Crippen LogP contribution is 2.24. The van der Waals surface area contributed by atoms with Crippen LogP contribution in [0.15, 0.2) is 4.99 Å². The summed E-state index contributed by atoms with van der Waals surface area (Å²) in [6.07, 6.45) is 2.17. The molecule has 0 aliphatic carbocycles.